The number of nitrogens with two attached hydrogens (primary N) is 1. The van der Waals surface area contributed by atoms with Gasteiger partial charge in [0.15, 0.2) is 0 Å². The quantitative estimate of drug-likeness (QED) is 0.551. The van der Waals surface area contributed by atoms with Crippen LogP contribution >= 0.6 is 0 Å². The predicted molar refractivity (Wildman–Crippen MR) is 79.0 cm³/mol. The van der Waals surface area contributed by atoms with Crippen LogP contribution in [0.4, 0.5) is 10.5 Å². The number of aromatic nitrogens is 2. The molecule has 0 saturated heterocycles. The number of fused-ring (bicyclic) bond motifs is 3. The number of aromatic hydroxyl groups is 1. The number of aryl methyl sites for hydroxylation is 1. The zero-order chi connectivity index (χ0) is 15.0. The Hall–Kier alpha value is -2.83. The number of carbonyl (C=O) groups is 1. The largest absolute Gasteiger partial charge is 0.506 e. The molecule has 3 rings (SSSR count). The molecule has 7 heteroatoms. The van der Waals surface area contributed by atoms with Crippen LogP contribution in [0, 0.1) is 0 Å². The highest BCUT2D eigenvalue weighted by Gasteiger charge is 2.24. The number of hydrogen-bond donors (Lipinski definition) is 4. The number of nitrogens with one attached hydrogen (secondary N) is 2. The first-order valence-electron chi connectivity index (χ1n) is 6.67. The Morgan fingerprint density at radius 1 is 1.38 bits per heavy atom. The summed E-state index contributed by atoms with van der Waals surface area (Å²) in [5.74, 6) is 0.139. The number of rotatable bonds is 3. The van der Waals surface area contributed by atoms with Gasteiger partial charge >= 0.3 is 6.03 Å². The molecule has 1 aliphatic carbocycles. The molecule has 2 aliphatic rings. The topological polar surface area (TPSA) is 120 Å². The summed E-state index contributed by atoms with van der Waals surface area (Å²) in [6, 6.07) is 4.47. The first-order chi connectivity index (χ1) is 10.1. The lowest BCUT2D eigenvalue weighted by atomic mass is 10.1. The van der Waals surface area contributed by atoms with Crippen molar-refractivity contribution in [2.24, 2.45) is 16.0 Å². The average molecular weight is 285 g/mol. The summed E-state index contributed by atoms with van der Waals surface area (Å²) in [4.78, 5) is 10.7. The molecule has 0 unspecified atom stereocenters. The Balaban J connectivity index is 2.27. The van der Waals surface area contributed by atoms with E-state index in [9.17, 15) is 9.90 Å². The van der Waals surface area contributed by atoms with E-state index in [2.05, 4.69) is 27.3 Å². The zero-order valence-corrected chi connectivity index (χ0v) is 11.5. The number of H-pyrrole nitrogens is 2. The Kier molecular flexibility index (Phi) is 3.09. The Morgan fingerprint density at radius 2 is 2.19 bits per heavy atom. The van der Waals surface area contributed by atoms with E-state index in [1.807, 2.05) is 6.07 Å². The number of benzene rings is 1. The van der Waals surface area contributed by atoms with E-state index in [4.69, 9.17) is 5.73 Å². The van der Waals surface area contributed by atoms with E-state index in [1.165, 1.54) is 0 Å². The summed E-state index contributed by atoms with van der Waals surface area (Å²) in [6.07, 6.45) is 1.78. The second-order valence-corrected chi connectivity index (χ2v) is 4.82. The minimum absolute atomic E-state index is 0.139. The fraction of sp³-hybridized carbons (Fsp3) is 0.214. The van der Waals surface area contributed by atoms with Crippen LogP contribution in [0.5, 0.6) is 5.75 Å². The molecule has 0 spiro atoms. The van der Waals surface area contributed by atoms with Crippen molar-refractivity contribution in [1.29, 1.82) is 0 Å². The molecule has 0 bridgehead atoms. The van der Waals surface area contributed by atoms with Crippen molar-refractivity contribution in [1.82, 2.24) is 10.2 Å². The highest BCUT2D eigenvalue weighted by molar-refractivity contribution is 6.12. The second-order valence-electron chi connectivity index (χ2n) is 4.82. The summed E-state index contributed by atoms with van der Waals surface area (Å²) >= 11 is 0. The van der Waals surface area contributed by atoms with Crippen molar-refractivity contribution in [3.63, 3.8) is 0 Å². The minimum atomic E-state index is -0.872. The Bertz CT molecular complexity index is 814. The number of carbonyl (C=O) groups excluding carboxylic acids is 1. The van der Waals surface area contributed by atoms with Crippen molar-refractivity contribution >= 4 is 22.5 Å². The molecular weight excluding hydrogens is 270 g/mol. The standard InChI is InChI=1S/C14H15N5O2/c1-2-4-8-11-12(18-16-8)7-5-3-6-9(10(7)13(11)20)17-19-14(15)21/h3,5-6,16,18,20H,2,4H2,1H3,(H2,15,21). The lowest BCUT2D eigenvalue weighted by Gasteiger charge is -1.98. The molecule has 7 nitrogen and oxygen atoms in total. The molecule has 1 aromatic carbocycles. The van der Waals surface area contributed by atoms with Gasteiger partial charge in [-0.2, -0.15) is 0 Å². The number of primary amides is 1. The van der Waals surface area contributed by atoms with Crippen LogP contribution in [0.3, 0.4) is 0 Å². The van der Waals surface area contributed by atoms with Crippen molar-refractivity contribution in [3.8, 4) is 17.0 Å². The van der Waals surface area contributed by atoms with Crippen LogP contribution in [0.15, 0.2) is 28.4 Å². The number of nitrogens with zero attached hydrogens (tertiary/aromatic N) is 2. The van der Waals surface area contributed by atoms with Crippen molar-refractivity contribution in [2.45, 2.75) is 19.8 Å². The van der Waals surface area contributed by atoms with E-state index in [0.29, 0.717) is 11.1 Å². The highest BCUT2D eigenvalue weighted by atomic mass is 16.3. The van der Waals surface area contributed by atoms with Gasteiger partial charge in [0.05, 0.1) is 22.3 Å². The fourth-order valence-electron chi connectivity index (χ4n) is 2.62. The second kappa shape index (κ2) is 4.93. The summed E-state index contributed by atoms with van der Waals surface area (Å²) in [6.45, 7) is 2.07. The van der Waals surface area contributed by atoms with Crippen LogP contribution in [0.1, 0.15) is 19.0 Å². The van der Waals surface area contributed by atoms with E-state index >= 15 is 0 Å². The third kappa shape index (κ3) is 2.03. The minimum Gasteiger partial charge on any atom is -0.506 e. The molecule has 0 aromatic heterocycles. The molecular formula is C14H15N5O2. The van der Waals surface area contributed by atoms with Gasteiger partial charge in [0.2, 0.25) is 0 Å². The molecule has 5 N–H and O–H groups in total. The first-order valence-corrected chi connectivity index (χ1v) is 6.67. The number of hydrogen-bond acceptors (Lipinski definition) is 3. The van der Waals surface area contributed by atoms with E-state index in [1.54, 1.807) is 12.1 Å². The van der Waals surface area contributed by atoms with Crippen LogP contribution in [0.25, 0.3) is 22.0 Å². The van der Waals surface area contributed by atoms with Gasteiger partial charge in [-0.3, -0.25) is 5.10 Å². The van der Waals surface area contributed by atoms with Gasteiger partial charge < -0.3 is 15.9 Å². The number of amides is 2. The van der Waals surface area contributed by atoms with Crippen molar-refractivity contribution in [3.05, 3.63) is 23.9 Å². The fourth-order valence-corrected chi connectivity index (χ4v) is 2.62. The predicted octanol–water partition coefficient (Wildman–Crippen LogP) is 3.42. The van der Waals surface area contributed by atoms with Gasteiger partial charge in [0.1, 0.15) is 5.75 Å². The molecule has 108 valence electrons. The molecule has 1 heterocycles. The summed E-state index contributed by atoms with van der Waals surface area (Å²) < 4.78 is 0. The van der Waals surface area contributed by atoms with Gasteiger partial charge in [-0.25, -0.2) is 4.79 Å². The van der Waals surface area contributed by atoms with Crippen LogP contribution in [-0.2, 0) is 6.42 Å². The maximum absolute atomic E-state index is 10.7. The van der Waals surface area contributed by atoms with E-state index < -0.39 is 6.03 Å². The monoisotopic (exact) mass is 285 g/mol. The Morgan fingerprint density at radius 3 is 2.90 bits per heavy atom. The normalized spacial score (nSPS) is 11.9. The van der Waals surface area contributed by atoms with Crippen LogP contribution in [0.2, 0.25) is 0 Å². The summed E-state index contributed by atoms with van der Waals surface area (Å²) in [7, 11) is 0. The summed E-state index contributed by atoms with van der Waals surface area (Å²) in [5.41, 5.74) is 7.90. The lowest BCUT2D eigenvalue weighted by molar-refractivity contribution is 0.255. The van der Waals surface area contributed by atoms with Crippen LogP contribution in [-0.4, -0.2) is 21.3 Å². The van der Waals surface area contributed by atoms with Crippen LogP contribution < -0.4 is 5.73 Å². The van der Waals surface area contributed by atoms with Gasteiger partial charge in [0, 0.05) is 11.1 Å². The van der Waals surface area contributed by atoms with Crippen molar-refractivity contribution < 1.29 is 9.90 Å². The molecule has 0 saturated carbocycles. The maximum Gasteiger partial charge on any atom is 0.356 e. The van der Waals surface area contributed by atoms with Gasteiger partial charge in [-0.05, 0) is 12.5 Å². The molecule has 1 aliphatic heterocycles. The SMILES string of the molecule is CCCc1[nH][nH]c2c3cccc(N=NC(N)=O)c3c(O)c1-2. The maximum atomic E-state index is 10.7. The molecule has 21 heavy (non-hydrogen) atoms. The van der Waals surface area contributed by atoms with Gasteiger partial charge in [-0.15, -0.1) is 5.11 Å². The third-order valence-corrected chi connectivity index (χ3v) is 3.43. The number of azo groups is 1. The number of aromatic amines is 2. The molecule has 1 aromatic rings. The first kappa shape index (κ1) is 13.2. The smallest absolute Gasteiger partial charge is 0.356 e. The van der Waals surface area contributed by atoms with E-state index in [-0.39, 0.29) is 5.75 Å². The van der Waals surface area contributed by atoms with E-state index in [0.717, 1.165) is 35.2 Å². The number of urea groups is 1. The molecule has 0 fully saturated rings. The van der Waals surface area contributed by atoms with Gasteiger partial charge in [-0.1, -0.05) is 30.6 Å². The zero-order valence-electron chi connectivity index (χ0n) is 11.5. The van der Waals surface area contributed by atoms with Crippen molar-refractivity contribution in [2.75, 3.05) is 0 Å². The van der Waals surface area contributed by atoms with Gasteiger partial charge in [0.25, 0.3) is 0 Å². The average Bonchev–Trinajstić information content (AvgIpc) is 2.99. The molecule has 0 radical (unpaired) electrons. The highest BCUT2D eigenvalue weighted by Crippen LogP contribution is 2.48. The molecule has 2 amide bonds. The Labute approximate surface area is 120 Å². The molecule has 0 atom stereocenters. The lowest BCUT2D eigenvalue weighted by Crippen LogP contribution is -2.01. The third-order valence-electron chi connectivity index (χ3n) is 3.43. The summed E-state index contributed by atoms with van der Waals surface area (Å²) in [5, 5.41) is 25.2.